The lowest BCUT2D eigenvalue weighted by atomic mass is 9.76. The van der Waals surface area contributed by atoms with Crippen LogP contribution in [0.2, 0.25) is 0 Å². The molecule has 1 N–H and O–H groups in total. The lowest BCUT2D eigenvalue weighted by molar-refractivity contribution is 0.188. The van der Waals surface area contributed by atoms with Gasteiger partial charge < -0.3 is 5.32 Å². The third kappa shape index (κ3) is 1.98. The summed E-state index contributed by atoms with van der Waals surface area (Å²) in [6, 6.07) is 0. The molecule has 0 aromatic rings. The first-order chi connectivity index (χ1) is 5.39. The highest BCUT2D eigenvalue weighted by Gasteiger charge is 2.25. The van der Waals surface area contributed by atoms with Crippen LogP contribution in [-0.2, 0) is 0 Å². The molecule has 0 amide bonds. The summed E-state index contributed by atoms with van der Waals surface area (Å²) in [4.78, 5) is 0. The molecule has 1 aliphatic heterocycles. The summed E-state index contributed by atoms with van der Waals surface area (Å²) < 4.78 is 15.2. The van der Waals surface area contributed by atoms with Gasteiger partial charge in [-0.3, -0.25) is 0 Å². The minimum absolute atomic E-state index is 0.231. The summed E-state index contributed by atoms with van der Waals surface area (Å²) >= 11 is 0. The van der Waals surface area contributed by atoms with Crippen molar-refractivity contribution in [3.05, 3.63) is 0 Å². The fraction of sp³-hybridized carbons (Fsp3) is 1.00. The Kier molecular flexibility index (Phi) is 1.63. The minimum atomic E-state index is -0.231. The van der Waals surface area contributed by atoms with E-state index in [4.69, 9.17) is 2.74 Å². The molecule has 0 aromatic carbocycles. The molecule has 2 atom stereocenters. The fourth-order valence-electron chi connectivity index (χ4n) is 1.31. The van der Waals surface area contributed by atoms with Crippen LogP contribution in [0.4, 0.5) is 0 Å². The van der Waals surface area contributed by atoms with Crippen molar-refractivity contribution in [2.24, 2.45) is 11.3 Å². The Morgan fingerprint density at radius 1 is 1.30 bits per heavy atom. The third-order valence-corrected chi connectivity index (χ3v) is 2.27. The first-order valence-corrected chi connectivity index (χ1v) is 4.00. The van der Waals surface area contributed by atoms with Crippen molar-refractivity contribution < 1.29 is 2.74 Å². The first kappa shape index (κ1) is 5.59. The second-order valence-electron chi connectivity index (χ2n) is 4.11. The highest BCUT2D eigenvalue weighted by Crippen LogP contribution is 2.32. The molecule has 2 unspecified atom stereocenters. The lowest BCUT2D eigenvalue weighted by Crippen LogP contribution is -2.34. The highest BCUT2D eigenvalue weighted by atomic mass is 14.9. The fourth-order valence-corrected chi connectivity index (χ4v) is 1.31. The van der Waals surface area contributed by atoms with Crippen molar-refractivity contribution in [3.8, 4) is 0 Å². The van der Waals surface area contributed by atoms with Crippen LogP contribution in [0.5, 0.6) is 0 Å². The lowest BCUT2D eigenvalue weighted by Gasteiger charge is -2.34. The Bertz CT molecular complexity index is 143. The van der Waals surface area contributed by atoms with Crippen molar-refractivity contribution >= 4 is 0 Å². The average molecular weight is 143 g/mol. The molecule has 1 rings (SSSR count). The molecule has 0 aliphatic carbocycles. The second kappa shape index (κ2) is 2.91. The van der Waals surface area contributed by atoms with Crippen LogP contribution in [0, 0.1) is 11.3 Å². The van der Waals surface area contributed by atoms with Gasteiger partial charge in [0, 0.05) is 2.74 Å². The van der Waals surface area contributed by atoms with Gasteiger partial charge in [0.2, 0.25) is 0 Å². The molecule has 1 saturated heterocycles. The summed E-state index contributed by atoms with van der Waals surface area (Å²) in [5.41, 5.74) is 0.251. The van der Waals surface area contributed by atoms with E-state index in [1.54, 1.807) is 0 Å². The van der Waals surface area contributed by atoms with Gasteiger partial charge in [-0.15, -0.1) is 0 Å². The van der Waals surface area contributed by atoms with Crippen molar-refractivity contribution in [1.29, 1.82) is 0 Å². The van der Waals surface area contributed by atoms with Crippen LogP contribution < -0.4 is 5.32 Å². The van der Waals surface area contributed by atoms with Gasteiger partial charge in [-0.1, -0.05) is 20.8 Å². The number of hydrogen-bond acceptors (Lipinski definition) is 1. The Labute approximate surface area is 67.0 Å². The maximum atomic E-state index is 7.58. The zero-order chi connectivity index (χ0) is 9.35. The monoisotopic (exact) mass is 143 g/mol. The topological polar surface area (TPSA) is 12.0 Å². The van der Waals surface area contributed by atoms with E-state index in [0.717, 1.165) is 12.8 Å². The van der Waals surface area contributed by atoms with Gasteiger partial charge in [-0.05, 0) is 37.2 Å². The van der Waals surface area contributed by atoms with Gasteiger partial charge in [0.1, 0.15) is 0 Å². The second-order valence-corrected chi connectivity index (χ2v) is 4.11. The normalized spacial score (nSPS) is 46.1. The van der Waals surface area contributed by atoms with Crippen LogP contribution in [0.3, 0.4) is 0 Å². The van der Waals surface area contributed by atoms with Crippen LogP contribution in [-0.4, -0.2) is 13.0 Å². The summed E-state index contributed by atoms with van der Waals surface area (Å²) in [6.45, 7) is 6.13. The Morgan fingerprint density at radius 2 is 1.80 bits per heavy atom. The summed E-state index contributed by atoms with van der Waals surface area (Å²) in [5.74, 6) is 0.517. The van der Waals surface area contributed by atoms with Gasteiger partial charge in [0.05, 0.1) is 0 Å². The van der Waals surface area contributed by atoms with Crippen LogP contribution in [0.25, 0.3) is 0 Å². The van der Waals surface area contributed by atoms with Gasteiger partial charge in [-0.25, -0.2) is 0 Å². The summed E-state index contributed by atoms with van der Waals surface area (Å²) in [7, 11) is 0. The van der Waals surface area contributed by atoms with Crippen molar-refractivity contribution in [2.75, 3.05) is 13.0 Å². The summed E-state index contributed by atoms with van der Waals surface area (Å²) in [5, 5.41) is 2.91. The largest absolute Gasteiger partial charge is 0.317 e. The molecule has 1 aliphatic rings. The molecule has 10 heavy (non-hydrogen) atoms. The predicted molar refractivity (Wildman–Crippen MR) is 45.0 cm³/mol. The Hall–Kier alpha value is -0.0400. The smallest absolute Gasteiger partial charge is 0.0428 e. The van der Waals surface area contributed by atoms with Crippen molar-refractivity contribution in [3.63, 3.8) is 0 Å². The molecule has 1 nitrogen and oxygen atoms in total. The van der Waals surface area contributed by atoms with E-state index >= 15 is 0 Å². The molecule has 0 saturated carbocycles. The van der Waals surface area contributed by atoms with Gasteiger partial charge in [-0.2, -0.15) is 0 Å². The Morgan fingerprint density at radius 3 is 2.20 bits per heavy atom. The highest BCUT2D eigenvalue weighted by molar-refractivity contribution is 4.78. The zero-order valence-electron chi connectivity index (χ0n) is 9.15. The van der Waals surface area contributed by atoms with E-state index in [1.807, 2.05) is 0 Å². The molecule has 0 spiro atoms. The molecular formula is C9H19N. The van der Waals surface area contributed by atoms with E-state index in [-0.39, 0.29) is 18.5 Å². The third-order valence-electron chi connectivity index (χ3n) is 2.27. The first-order valence-electron chi connectivity index (χ1n) is 5.15. The molecule has 0 bridgehead atoms. The molecule has 1 heterocycles. The molecule has 1 heteroatoms. The SMILES string of the molecule is [2H]C1CC(C(C)(C)C)CC([2H])N1. The van der Waals surface area contributed by atoms with Crippen molar-refractivity contribution in [1.82, 2.24) is 5.32 Å². The summed E-state index contributed by atoms with van der Waals surface area (Å²) in [6.07, 6.45) is 1.78. The minimum Gasteiger partial charge on any atom is -0.317 e. The molecule has 60 valence electrons. The number of piperidine rings is 1. The van der Waals surface area contributed by atoms with Gasteiger partial charge in [0.15, 0.2) is 0 Å². The average Bonchev–Trinajstić information content (AvgIpc) is 1.82. The maximum Gasteiger partial charge on any atom is 0.0428 e. The van der Waals surface area contributed by atoms with Crippen LogP contribution in [0.15, 0.2) is 0 Å². The number of nitrogens with one attached hydrogen (secondary N) is 1. The zero-order valence-corrected chi connectivity index (χ0v) is 7.15. The van der Waals surface area contributed by atoms with Gasteiger partial charge in [0.25, 0.3) is 0 Å². The van der Waals surface area contributed by atoms with Crippen LogP contribution >= 0.6 is 0 Å². The molecular weight excluding hydrogens is 122 g/mol. The van der Waals surface area contributed by atoms with E-state index in [0.29, 0.717) is 5.92 Å². The van der Waals surface area contributed by atoms with E-state index < -0.39 is 0 Å². The molecule has 0 aromatic heterocycles. The molecule has 0 radical (unpaired) electrons. The van der Waals surface area contributed by atoms with Gasteiger partial charge >= 0.3 is 0 Å². The standard InChI is InChI=1S/C9H19N/c1-9(2,3)8-4-6-10-7-5-8/h8,10H,4-7H2,1-3H3/i6D,7D. The number of hydrogen-bond donors (Lipinski definition) is 1. The van der Waals surface area contributed by atoms with E-state index in [9.17, 15) is 0 Å². The Balaban J connectivity index is 2.55. The quantitative estimate of drug-likeness (QED) is 0.547. The predicted octanol–water partition coefficient (Wildman–Crippen LogP) is 2.03. The van der Waals surface area contributed by atoms with E-state index in [1.165, 1.54) is 0 Å². The maximum absolute atomic E-state index is 7.58. The molecule has 1 fully saturated rings. The van der Waals surface area contributed by atoms with Crippen molar-refractivity contribution in [2.45, 2.75) is 33.6 Å². The van der Waals surface area contributed by atoms with Crippen LogP contribution in [0.1, 0.15) is 36.4 Å². The number of rotatable bonds is 0. The van der Waals surface area contributed by atoms with E-state index in [2.05, 4.69) is 26.1 Å².